The maximum absolute atomic E-state index is 13.1. The summed E-state index contributed by atoms with van der Waals surface area (Å²) in [7, 11) is 5.54. The largest absolute Gasteiger partial charge is 0.493 e. The van der Waals surface area contributed by atoms with Crippen molar-refractivity contribution in [3.05, 3.63) is 77.9 Å². The Morgan fingerprint density at radius 1 is 0.974 bits per heavy atom. The monoisotopic (exact) mass is 513 g/mol. The smallest absolute Gasteiger partial charge is 0.255 e. The molecule has 1 aliphatic carbocycles. The van der Waals surface area contributed by atoms with Gasteiger partial charge in [0, 0.05) is 55.6 Å². The zero-order valence-corrected chi connectivity index (χ0v) is 22.3. The number of hydrogen-bond acceptors (Lipinski definition) is 5. The molecule has 5 rings (SSSR count). The van der Waals surface area contributed by atoms with E-state index in [2.05, 4.69) is 5.32 Å². The number of nitrogens with one attached hydrogen (secondary N) is 1. The first-order chi connectivity index (χ1) is 18.4. The number of carbonyl (C=O) groups excluding carboxylic acids is 2. The highest BCUT2D eigenvalue weighted by Gasteiger charge is 2.32. The van der Waals surface area contributed by atoms with E-state index in [0.717, 1.165) is 41.3 Å². The first-order valence-corrected chi connectivity index (χ1v) is 13.2. The van der Waals surface area contributed by atoms with Crippen LogP contribution in [0.15, 0.2) is 66.7 Å². The van der Waals surface area contributed by atoms with E-state index in [1.165, 1.54) is 12.8 Å². The van der Waals surface area contributed by atoms with E-state index in [1.807, 2.05) is 79.7 Å². The van der Waals surface area contributed by atoms with Crippen molar-refractivity contribution in [2.45, 2.75) is 44.1 Å². The van der Waals surface area contributed by atoms with Crippen LogP contribution in [0.5, 0.6) is 11.5 Å². The maximum Gasteiger partial charge on any atom is 0.255 e. The molecule has 0 spiro atoms. The van der Waals surface area contributed by atoms with Gasteiger partial charge in [-0.1, -0.05) is 18.2 Å². The van der Waals surface area contributed by atoms with Gasteiger partial charge in [0.15, 0.2) is 11.5 Å². The Morgan fingerprint density at radius 3 is 2.53 bits per heavy atom. The molecular weight excluding hydrogens is 478 g/mol. The molecule has 7 heteroatoms. The van der Waals surface area contributed by atoms with Crippen molar-refractivity contribution in [3.8, 4) is 11.5 Å². The quantitative estimate of drug-likeness (QED) is 0.409. The summed E-state index contributed by atoms with van der Waals surface area (Å²) in [4.78, 5) is 29.7. The number of amides is 2. The Hall–Kier alpha value is -4.00. The topological polar surface area (TPSA) is 71.1 Å². The van der Waals surface area contributed by atoms with Gasteiger partial charge < -0.3 is 24.6 Å². The lowest BCUT2D eigenvalue weighted by Crippen LogP contribution is -2.24. The van der Waals surface area contributed by atoms with Gasteiger partial charge in [0.05, 0.1) is 13.2 Å². The van der Waals surface area contributed by atoms with E-state index in [9.17, 15) is 9.59 Å². The van der Waals surface area contributed by atoms with Gasteiger partial charge in [-0.15, -0.1) is 0 Å². The van der Waals surface area contributed by atoms with Crippen LogP contribution in [0.25, 0.3) is 0 Å². The first kappa shape index (κ1) is 25.6. The number of methoxy groups -OCH3 is 1. The third kappa shape index (κ3) is 5.62. The van der Waals surface area contributed by atoms with Gasteiger partial charge in [-0.05, 0) is 79.8 Å². The van der Waals surface area contributed by atoms with Gasteiger partial charge in [0.1, 0.15) is 0 Å². The van der Waals surface area contributed by atoms with E-state index in [1.54, 1.807) is 18.1 Å². The summed E-state index contributed by atoms with van der Waals surface area (Å²) in [5.74, 6) is 1.40. The molecule has 1 heterocycles. The lowest BCUT2D eigenvalue weighted by atomic mass is 9.98. The second-order valence-corrected chi connectivity index (χ2v) is 10.3. The fourth-order valence-corrected chi connectivity index (χ4v) is 5.29. The predicted octanol–water partition coefficient (Wildman–Crippen LogP) is 5.86. The minimum absolute atomic E-state index is 0.0476. The number of rotatable bonds is 8. The molecule has 1 N–H and O–H groups in total. The lowest BCUT2D eigenvalue weighted by Gasteiger charge is -2.20. The number of anilines is 3. The average molecular weight is 514 g/mol. The van der Waals surface area contributed by atoms with E-state index < -0.39 is 0 Å². The molecule has 2 fully saturated rings. The Labute approximate surface area is 224 Å². The maximum atomic E-state index is 13.1. The van der Waals surface area contributed by atoms with E-state index >= 15 is 0 Å². The van der Waals surface area contributed by atoms with Gasteiger partial charge >= 0.3 is 0 Å². The van der Waals surface area contributed by atoms with E-state index in [0.29, 0.717) is 24.2 Å². The summed E-state index contributed by atoms with van der Waals surface area (Å²) >= 11 is 0. The number of hydrogen-bond donors (Lipinski definition) is 1. The second-order valence-electron chi connectivity index (χ2n) is 10.3. The highest BCUT2D eigenvalue weighted by molar-refractivity contribution is 6.05. The summed E-state index contributed by atoms with van der Waals surface area (Å²) < 4.78 is 11.8. The van der Waals surface area contributed by atoms with E-state index in [-0.39, 0.29) is 23.8 Å². The minimum atomic E-state index is -0.190. The Bertz CT molecular complexity index is 1320. The molecular formula is C31H35N3O4. The Kier molecular flexibility index (Phi) is 7.54. The molecule has 3 aromatic carbocycles. The zero-order valence-electron chi connectivity index (χ0n) is 22.3. The SMILES string of the molecule is COc1ccc(C2CC(=O)N(c3cccc(NC(=O)c4cccc(N(C)C)c4)c3)C2)cc1OC1CCCC1. The summed E-state index contributed by atoms with van der Waals surface area (Å²) in [6.45, 7) is 0.566. The van der Waals surface area contributed by atoms with Gasteiger partial charge in [-0.2, -0.15) is 0 Å². The molecule has 1 saturated carbocycles. The number of benzene rings is 3. The van der Waals surface area contributed by atoms with Crippen LogP contribution < -0.4 is 24.6 Å². The van der Waals surface area contributed by atoms with Gasteiger partial charge in [0.2, 0.25) is 5.91 Å². The van der Waals surface area contributed by atoms with Crippen molar-refractivity contribution >= 4 is 28.9 Å². The zero-order chi connectivity index (χ0) is 26.6. The van der Waals surface area contributed by atoms with Crippen molar-refractivity contribution in [1.29, 1.82) is 0 Å². The summed E-state index contributed by atoms with van der Waals surface area (Å²) in [5.41, 5.74) is 4.02. The number of ether oxygens (including phenoxy) is 2. The van der Waals surface area contributed by atoms with Crippen LogP contribution in [0.4, 0.5) is 17.1 Å². The highest BCUT2D eigenvalue weighted by Crippen LogP contribution is 2.38. The molecule has 1 unspecified atom stereocenters. The number of carbonyl (C=O) groups is 2. The second kappa shape index (κ2) is 11.2. The van der Waals surface area contributed by atoms with Crippen molar-refractivity contribution in [1.82, 2.24) is 0 Å². The summed E-state index contributed by atoms with van der Waals surface area (Å²) in [6.07, 6.45) is 5.17. The molecule has 7 nitrogen and oxygen atoms in total. The molecule has 2 aliphatic rings. The molecule has 0 radical (unpaired) electrons. The third-order valence-electron chi connectivity index (χ3n) is 7.42. The molecule has 0 aromatic heterocycles. The molecule has 2 amide bonds. The van der Waals surface area contributed by atoms with Crippen LogP contribution in [0.2, 0.25) is 0 Å². The normalized spacial score (nSPS) is 17.5. The molecule has 1 saturated heterocycles. The van der Waals surface area contributed by atoms with E-state index in [4.69, 9.17) is 9.47 Å². The van der Waals surface area contributed by atoms with Crippen molar-refractivity contribution in [2.75, 3.05) is 42.9 Å². The Morgan fingerprint density at radius 2 is 1.76 bits per heavy atom. The van der Waals surface area contributed by atoms with Crippen molar-refractivity contribution in [2.24, 2.45) is 0 Å². The van der Waals surface area contributed by atoms with Crippen LogP contribution in [0, 0.1) is 0 Å². The lowest BCUT2D eigenvalue weighted by molar-refractivity contribution is -0.117. The molecule has 1 aliphatic heterocycles. The van der Waals surface area contributed by atoms with Crippen LogP contribution in [-0.4, -0.2) is 45.7 Å². The van der Waals surface area contributed by atoms with Crippen LogP contribution in [-0.2, 0) is 4.79 Å². The van der Waals surface area contributed by atoms with Gasteiger partial charge in [-0.3, -0.25) is 9.59 Å². The molecule has 38 heavy (non-hydrogen) atoms. The van der Waals surface area contributed by atoms with Crippen LogP contribution in [0.3, 0.4) is 0 Å². The van der Waals surface area contributed by atoms with Crippen LogP contribution in [0.1, 0.15) is 53.9 Å². The summed E-state index contributed by atoms with van der Waals surface area (Å²) in [5, 5.41) is 2.97. The first-order valence-electron chi connectivity index (χ1n) is 13.2. The Balaban J connectivity index is 1.30. The van der Waals surface area contributed by atoms with Crippen molar-refractivity contribution in [3.63, 3.8) is 0 Å². The van der Waals surface area contributed by atoms with Crippen LogP contribution >= 0.6 is 0 Å². The fraction of sp³-hybridized carbons (Fsp3) is 0.355. The van der Waals surface area contributed by atoms with Gasteiger partial charge in [0.25, 0.3) is 5.91 Å². The molecule has 198 valence electrons. The minimum Gasteiger partial charge on any atom is -0.493 e. The third-order valence-corrected chi connectivity index (χ3v) is 7.42. The molecule has 3 aromatic rings. The standard InChI is InChI=1S/C31H35N3O4/c1-33(2)25-10-6-8-22(16-25)31(36)32-24-9-7-11-26(19-24)34-20-23(18-30(34)35)21-14-15-28(37-3)29(17-21)38-27-12-4-5-13-27/h6-11,14-17,19,23,27H,4-5,12-13,18,20H2,1-3H3,(H,32,36). The van der Waals surface area contributed by atoms with Crippen molar-refractivity contribution < 1.29 is 19.1 Å². The summed E-state index contributed by atoms with van der Waals surface area (Å²) in [6, 6.07) is 20.9. The number of nitrogens with zero attached hydrogens (tertiary/aromatic N) is 2. The fourth-order valence-electron chi connectivity index (χ4n) is 5.29. The molecule has 0 bridgehead atoms. The van der Waals surface area contributed by atoms with Gasteiger partial charge in [-0.25, -0.2) is 0 Å². The predicted molar refractivity (Wildman–Crippen MR) is 151 cm³/mol. The molecule has 1 atom stereocenters. The average Bonchev–Trinajstić information content (AvgIpc) is 3.58. The highest BCUT2D eigenvalue weighted by atomic mass is 16.5.